The van der Waals surface area contributed by atoms with Gasteiger partial charge in [0.2, 0.25) is 0 Å². The second kappa shape index (κ2) is 6.46. The summed E-state index contributed by atoms with van der Waals surface area (Å²) in [4.78, 5) is 24.2. The van der Waals surface area contributed by atoms with E-state index in [4.69, 9.17) is 0 Å². The summed E-state index contributed by atoms with van der Waals surface area (Å²) in [6, 6.07) is 3.10. The molecule has 1 aromatic carbocycles. The summed E-state index contributed by atoms with van der Waals surface area (Å²) >= 11 is 1.52. The van der Waals surface area contributed by atoms with Crippen molar-refractivity contribution >= 4 is 34.6 Å². The van der Waals surface area contributed by atoms with Gasteiger partial charge in [-0.05, 0) is 24.8 Å². The molecule has 5 nitrogen and oxygen atoms in total. The number of nitro benzene ring substituents is 1. The van der Waals surface area contributed by atoms with Gasteiger partial charge in [-0.25, -0.2) is 0 Å². The van der Waals surface area contributed by atoms with E-state index >= 15 is 0 Å². The lowest BCUT2D eigenvalue weighted by molar-refractivity contribution is -0.387. The smallest absolute Gasteiger partial charge is 0.358 e. The molecule has 0 spiro atoms. The van der Waals surface area contributed by atoms with Crippen LogP contribution in [0.5, 0.6) is 0 Å². The van der Waals surface area contributed by atoms with Crippen molar-refractivity contribution in [3.8, 4) is 0 Å². The normalized spacial score (nSPS) is 14.5. The second-order valence-corrected chi connectivity index (χ2v) is 6.84. The van der Waals surface area contributed by atoms with Crippen LogP contribution >= 0.6 is 11.8 Å². The summed E-state index contributed by atoms with van der Waals surface area (Å²) in [7, 11) is 0. The van der Waals surface area contributed by atoms with Gasteiger partial charge in [0, 0.05) is 28.4 Å². The fraction of sp³-hybridized carbons (Fsp3) is 0.400. The lowest BCUT2D eigenvalue weighted by atomic mass is 9.91. The van der Waals surface area contributed by atoms with Crippen LogP contribution in [0.1, 0.15) is 25.1 Å². The number of thioether (sulfide) groups is 1. The number of carbonyl (C=O) groups is 1. The minimum absolute atomic E-state index is 0.109. The summed E-state index contributed by atoms with van der Waals surface area (Å²) in [5.74, 6) is 1.24. The molecular weight excluding hydrogens is 345 g/mol. The highest BCUT2D eigenvalue weighted by Gasteiger charge is 2.39. The molecule has 1 heterocycles. The molecule has 1 unspecified atom stereocenters. The van der Waals surface area contributed by atoms with Gasteiger partial charge >= 0.3 is 6.18 Å². The van der Waals surface area contributed by atoms with Crippen LogP contribution in [-0.4, -0.2) is 27.7 Å². The Hall–Kier alpha value is -2.03. The first-order valence-corrected chi connectivity index (χ1v) is 8.20. The monoisotopic (exact) mass is 360 g/mol. The summed E-state index contributed by atoms with van der Waals surface area (Å²) in [5.41, 5.74) is -2.69. The lowest BCUT2D eigenvalue weighted by Crippen LogP contribution is -2.27. The first-order valence-electron chi connectivity index (χ1n) is 7.05. The molecule has 1 atom stereocenters. The summed E-state index contributed by atoms with van der Waals surface area (Å²) in [5, 5.41) is 11.2. The van der Waals surface area contributed by atoms with E-state index in [0.717, 1.165) is 24.2 Å². The minimum atomic E-state index is -4.84. The van der Waals surface area contributed by atoms with Gasteiger partial charge in [0.25, 0.3) is 5.69 Å². The lowest BCUT2D eigenvalue weighted by Gasteiger charge is -2.20. The molecule has 1 N–H and O–H groups in total. The van der Waals surface area contributed by atoms with Crippen LogP contribution in [0.2, 0.25) is 0 Å². The highest BCUT2D eigenvalue weighted by Crippen LogP contribution is 2.39. The van der Waals surface area contributed by atoms with E-state index < -0.39 is 27.8 Å². The number of H-pyrrole nitrogens is 1. The number of hydrogen-bond donors (Lipinski definition) is 1. The Labute approximate surface area is 139 Å². The Morgan fingerprint density at radius 2 is 2.00 bits per heavy atom. The van der Waals surface area contributed by atoms with Gasteiger partial charge in [0.05, 0.1) is 10.3 Å². The van der Waals surface area contributed by atoms with Crippen molar-refractivity contribution in [2.45, 2.75) is 25.4 Å². The zero-order valence-corrected chi connectivity index (χ0v) is 13.8. The Morgan fingerprint density at radius 1 is 1.33 bits per heavy atom. The van der Waals surface area contributed by atoms with Crippen molar-refractivity contribution in [1.29, 1.82) is 0 Å². The molecule has 0 bridgehead atoms. The van der Waals surface area contributed by atoms with Crippen molar-refractivity contribution in [3.63, 3.8) is 0 Å². The number of fused-ring (bicyclic) bond motifs is 1. The third-order valence-electron chi connectivity index (χ3n) is 3.72. The zero-order valence-electron chi connectivity index (χ0n) is 12.9. The Balaban J connectivity index is 2.63. The summed E-state index contributed by atoms with van der Waals surface area (Å²) in [6.07, 6.45) is -4.10. The number of nitro groups is 1. The van der Waals surface area contributed by atoms with E-state index in [2.05, 4.69) is 4.98 Å². The first-order chi connectivity index (χ1) is 11.1. The Kier molecular flexibility index (Phi) is 4.93. The average Bonchev–Trinajstić information content (AvgIpc) is 2.94. The van der Waals surface area contributed by atoms with Crippen molar-refractivity contribution in [1.82, 2.24) is 4.98 Å². The quantitative estimate of drug-likeness (QED) is 0.473. The van der Waals surface area contributed by atoms with Gasteiger partial charge in [0.15, 0.2) is 0 Å². The van der Waals surface area contributed by atoms with Crippen molar-refractivity contribution in [2.24, 2.45) is 0 Å². The average molecular weight is 360 g/mol. The maximum Gasteiger partial charge on any atom is 0.423 e. The highest BCUT2D eigenvalue weighted by molar-refractivity contribution is 7.99. The largest absolute Gasteiger partial charge is 0.423 e. The number of halogens is 3. The molecule has 130 valence electrons. The van der Waals surface area contributed by atoms with Crippen LogP contribution in [0, 0.1) is 10.1 Å². The number of rotatable bonds is 6. The fourth-order valence-electron chi connectivity index (χ4n) is 2.34. The van der Waals surface area contributed by atoms with Gasteiger partial charge in [-0.15, -0.1) is 0 Å². The zero-order chi connectivity index (χ0) is 18.1. The highest BCUT2D eigenvalue weighted by atomic mass is 32.2. The molecule has 0 saturated heterocycles. The number of hydrogen-bond acceptors (Lipinski definition) is 4. The minimum Gasteiger partial charge on any atom is -0.358 e. The van der Waals surface area contributed by atoms with Crippen LogP contribution in [0.25, 0.3) is 10.9 Å². The number of aldehydes is 1. The number of nitrogens with one attached hydrogen (secondary N) is 1. The van der Waals surface area contributed by atoms with Crippen LogP contribution in [-0.2, 0) is 16.4 Å². The number of carbonyl (C=O) groups excluding carboxylic acids is 1. The molecule has 0 aliphatic heterocycles. The topological polar surface area (TPSA) is 76.0 Å². The maximum absolute atomic E-state index is 13.0. The molecule has 0 saturated carbocycles. The van der Waals surface area contributed by atoms with Crippen molar-refractivity contribution in [2.75, 3.05) is 11.5 Å². The van der Waals surface area contributed by atoms with Crippen LogP contribution in [0.15, 0.2) is 18.2 Å². The molecule has 0 radical (unpaired) electrons. The molecular formula is C15H15F3N2O3S. The Morgan fingerprint density at radius 3 is 2.50 bits per heavy atom. The van der Waals surface area contributed by atoms with Gasteiger partial charge in [-0.3, -0.25) is 10.1 Å². The third kappa shape index (κ3) is 3.40. The molecule has 1 aromatic heterocycles. The van der Waals surface area contributed by atoms with E-state index in [1.807, 2.05) is 6.92 Å². The molecule has 2 rings (SSSR count). The van der Waals surface area contributed by atoms with E-state index in [-0.39, 0.29) is 10.9 Å². The van der Waals surface area contributed by atoms with Gasteiger partial charge < -0.3 is 9.78 Å². The van der Waals surface area contributed by atoms with Crippen LogP contribution in [0.3, 0.4) is 0 Å². The number of benzene rings is 1. The van der Waals surface area contributed by atoms with Gasteiger partial charge in [-0.2, -0.15) is 24.9 Å². The van der Waals surface area contributed by atoms with E-state index in [1.54, 1.807) is 6.92 Å². The molecule has 0 amide bonds. The standard InChI is InChI=1S/C15H15F3N2O3S/c1-3-24-8-14(2,7-21)13-5-9-4-12(20(22)23)10(15(16,17)18)6-11(9)19-13/h4-7,19H,3,8H2,1-2H3. The van der Waals surface area contributed by atoms with Crippen LogP contribution in [0.4, 0.5) is 18.9 Å². The first kappa shape index (κ1) is 18.3. The van der Waals surface area contributed by atoms with Crippen molar-refractivity contribution in [3.05, 3.63) is 39.6 Å². The Bertz CT molecular complexity index is 788. The van der Waals surface area contributed by atoms with Gasteiger partial charge in [0.1, 0.15) is 11.8 Å². The predicted octanol–water partition coefficient (Wildman–Crippen LogP) is 4.30. The summed E-state index contributed by atoms with van der Waals surface area (Å²) in [6.45, 7) is 3.60. The molecule has 0 aliphatic rings. The number of aromatic nitrogens is 1. The molecule has 9 heteroatoms. The molecule has 2 aromatic rings. The molecule has 24 heavy (non-hydrogen) atoms. The number of nitrogens with zero attached hydrogens (tertiary/aromatic N) is 1. The molecule has 0 aliphatic carbocycles. The van der Waals surface area contributed by atoms with E-state index in [9.17, 15) is 28.1 Å². The van der Waals surface area contributed by atoms with Gasteiger partial charge in [-0.1, -0.05) is 6.92 Å². The van der Waals surface area contributed by atoms with E-state index in [1.165, 1.54) is 17.8 Å². The second-order valence-electron chi connectivity index (χ2n) is 5.57. The number of alkyl halides is 3. The van der Waals surface area contributed by atoms with Crippen molar-refractivity contribution < 1.29 is 22.9 Å². The molecule has 0 fully saturated rings. The fourth-order valence-corrected chi connectivity index (χ4v) is 3.20. The maximum atomic E-state index is 13.0. The van der Waals surface area contributed by atoms with Crippen LogP contribution < -0.4 is 0 Å². The number of aromatic amines is 1. The SMILES string of the molecule is CCSCC(C)(C=O)c1cc2cc([N+](=O)[O-])c(C(F)(F)F)cc2[nH]1. The third-order valence-corrected chi connectivity index (χ3v) is 4.93. The van der Waals surface area contributed by atoms with E-state index in [0.29, 0.717) is 11.4 Å². The predicted molar refractivity (Wildman–Crippen MR) is 86.4 cm³/mol. The summed E-state index contributed by atoms with van der Waals surface area (Å²) < 4.78 is 39.1.